The zero-order chi connectivity index (χ0) is 27.0. The highest BCUT2D eigenvalue weighted by Crippen LogP contribution is 2.27. The number of rotatable bonds is 11. The molecule has 0 atom stereocenters. The molecule has 0 spiro atoms. The number of hydrogen-bond acceptors (Lipinski definition) is 4. The molecule has 0 bridgehead atoms. The third-order valence-corrected chi connectivity index (χ3v) is 6.09. The van der Waals surface area contributed by atoms with Gasteiger partial charge in [-0.3, -0.25) is 9.59 Å². The normalized spacial score (nSPS) is 11.5. The van der Waals surface area contributed by atoms with Crippen LogP contribution in [0.1, 0.15) is 57.9 Å². The fourth-order valence-electron chi connectivity index (χ4n) is 3.80. The van der Waals surface area contributed by atoms with Crippen molar-refractivity contribution < 1.29 is 14.3 Å². The Kier molecular flexibility index (Phi) is 9.64. The molecule has 3 aromatic rings. The Morgan fingerprint density at radius 3 is 2.38 bits per heavy atom. The summed E-state index contributed by atoms with van der Waals surface area (Å²) in [7, 11) is 0. The smallest absolute Gasteiger partial charge is 0.249 e. The lowest BCUT2D eigenvalue weighted by Crippen LogP contribution is -2.41. The quantitative estimate of drug-likeness (QED) is 0.374. The number of hydrogen-bond donors (Lipinski definition) is 1. The van der Waals surface area contributed by atoms with E-state index in [1.54, 1.807) is 9.58 Å². The summed E-state index contributed by atoms with van der Waals surface area (Å²) >= 11 is 0. The van der Waals surface area contributed by atoms with Crippen molar-refractivity contribution in [1.29, 1.82) is 0 Å². The molecule has 0 saturated heterocycles. The van der Waals surface area contributed by atoms with Crippen molar-refractivity contribution in [3.05, 3.63) is 77.5 Å². The van der Waals surface area contributed by atoms with Crippen molar-refractivity contribution in [3.8, 4) is 5.69 Å². The Labute approximate surface area is 220 Å². The molecule has 0 aliphatic carbocycles. The van der Waals surface area contributed by atoms with Gasteiger partial charge in [-0.1, -0.05) is 83.1 Å². The first-order valence-electron chi connectivity index (χ1n) is 12.9. The van der Waals surface area contributed by atoms with Crippen LogP contribution in [0.5, 0.6) is 0 Å². The highest BCUT2D eigenvalue weighted by molar-refractivity contribution is 5.94. The number of carbonyl (C=O) groups is 2. The second-order valence-electron chi connectivity index (χ2n) is 10.9. The maximum atomic E-state index is 13.2. The predicted octanol–water partition coefficient (Wildman–Crippen LogP) is 5.51. The second kappa shape index (κ2) is 12.7. The molecule has 37 heavy (non-hydrogen) atoms. The summed E-state index contributed by atoms with van der Waals surface area (Å²) < 4.78 is 7.44. The molecule has 0 unspecified atom stereocenters. The van der Waals surface area contributed by atoms with Crippen molar-refractivity contribution in [1.82, 2.24) is 14.7 Å². The average molecular weight is 505 g/mol. The number of carbonyl (C=O) groups excluding carboxylic acids is 2. The zero-order valence-electron chi connectivity index (χ0n) is 23.0. The fourth-order valence-corrected chi connectivity index (χ4v) is 3.80. The van der Waals surface area contributed by atoms with Gasteiger partial charge in [-0.25, -0.2) is 4.68 Å². The molecule has 0 aliphatic rings. The molecule has 0 radical (unpaired) electrons. The molecule has 7 nitrogen and oxygen atoms in total. The van der Waals surface area contributed by atoms with Gasteiger partial charge in [-0.2, -0.15) is 5.10 Å². The molecule has 2 amide bonds. The molecular formula is C30H40N4O3. The summed E-state index contributed by atoms with van der Waals surface area (Å²) in [6, 6.07) is 19.6. The molecular weight excluding hydrogens is 464 g/mol. The highest BCUT2D eigenvalue weighted by Gasteiger charge is 2.23. The van der Waals surface area contributed by atoms with Crippen molar-refractivity contribution >= 4 is 17.6 Å². The van der Waals surface area contributed by atoms with Crippen LogP contribution in [0.25, 0.3) is 5.69 Å². The van der Waals surface area contributed by atoms with E-state index in [4.69, 9.17) is 9.84 Å². The van der Waals surface area contributed by atoms with Gasteiger partial charge in [0.25, 0.3) is 0 Å². The molecule has 1 N–H and O–H groups in total. The number of nitrogens with one attached hydrogen (secondary N) is 1. The van der Waals surface area contributed by atoms with Gasteiger partial charge in [-0.05, 0) is 36.5 Å². The van der Waals surface area contributed by atoms with Crippen LogP contribution in [0.3, 0.4) is 0 Å². The van der Waals surface area contributed by atoms with E-state index in [1.807, 2.05) is 67.6 Å². The average Bonchev–Trinajstić information content (AvgIpc) is 3.26. The fraction of sp³-hybridized carbons (Fsp3) is 0.433. The van der Waals surface area contributed by atoms with Crippen LogP contribution < -0.4 is 5.32 Å². The Balaban J connectivity index is 1.73. The number of anilines is 1. The van der Waals surface area contributed by atoms with E-state index < -0.39 is 0 Å². The minimum Gasteiger partial charge on any atom is -0.367 e. The van der Waals surface area contributed by atoms with E-state index in [1.165, 1.54) is 0 Å². The maximum absolute atomic E-state index is 13.2. The van der Waals surface area contributed by atoms with Gasteiger partial charge in [0.2, 0.25) is 11.8 Å². The Morgan fingerprint density at radius 1 is 1.05 bits per heavy atom. The summed E-state index contributed by atoms with van der Waals surface area (Å²) in [6.45, 7) is 13.2. The van der Waals surface area contributed by atoms with Crippen LogP contribution in [0.15, 0.2) is 60.7 Å². The summed E-state index contributed by atoms with van der Waals surface area (Å²) in [5.41, 5.74) is 3.62. The van der Waals surface area contributed by atoms with Crippen molar-refractivity contribution in [2.75, 3.05) is 25.0 Å². The number of aryl methyl sites for hydroxylation is 1. The third-order valence-electron chi connectivity index (χ3n) is 6.09. The third kappa shape index (κ3) is 8.29. The lowest BCUT2D eigenvalue weighted by molar-refractivity contribution is -0.139. The first-order chi connectivity index (χ1) is 17.5. The van der Waals surface area contributed by atoms with Gasteiger partial charge in [-0.15, -0.1) is 0 Å². The minimum absolute atomic E-state index is 0.0515. The number of amides is 2. The van der Waals surface area contributed by atoms with Crippen molar-refractivity contribution in [3.63, 3.8) is 0 Å². The van der Waals surface area contributed by atoms with Gasteiger partial charge in [0, 0.05) is 18.0 Å². The Bertz CT molecular complexity index is 1180. The standard InChI is InChI=1S/C30H40N4O3/c1-22(2)16-17-33(29(36)21-37-20-24-13-8-7-9-14-24)19-28(35)31-27-18-26(30(4,5)6)32-34(27)25-15-11-10-12-23(25)3/h7-15,18,22H,16-17,19-21H2,1-6H3,(H,31,35). The number of aromatic nitrogens is 2. The second-order valence-corrected chi connectivity index (χ2v) is 10.9. The minimum atomic E-state index is -0.268. The molecule has 2 aromatic carbocycles. The highest BCUT2D eigenvalue weighted by atomic mass is 16.5. The summed E-state index contributed by atoms with van der Waals surface area (Å²) in [6.07, 6.45) is 0.799. The van der Waals surface area contributed by atoms with Gasteiger partial charge in [0.05, 0.1) is 24.5 Å². The van der Waals surface area contributed by atoms with E-state index in [2.05, 4.69) is 39.9 Å². The van der Waals surface area contributed by atoms with Gasteiger partial charge < -0.3 is 15.0 Å². The van der Waals surface area contributed by atoms with E-state index in [0.717, 1.165) is 28.9 Å². The molecule has 0 fully saturated rings. The molecule has 3 rings (SSSR count). The van der Waals surface area contributed by atoms with E-state index >= 15 is 0 Å². The number of ether oxygens (including phenoxy) is 1. The number of nitrogens with zero attached hydrogens (tertiary/aromatic N) is 3. The van der Waals surface area contributed by atoms with Crippen molar-refractivity contribution in [2.24, 2.45) is 5.92 Å². The first kappa shape index (κ1) is 28.1. The van der Waals surface area contributed by atoms with Crippen molar-refractivity contribution in [2.45, 2.75) is 60.0 Å². The van der Waals surface area contributed by atoms with Crippen LogP contribution in [-0.4, -0.2) is 46.2 Å². The molecule has 1 heterocycles. The van der Waals surface area contributed by atoms with Gasteiger partial charge in [0.1, 0.15) is 12.4 Å². The lowest BCUT2D eigenvalue weighted by Gasteiger charge is -2.23. The van der Waals surface area contributed by atoms with Gasteiger partial charge >= 0.3 is 0 Å². The maximum Gasteiger partial charge on any atom is 0.249 e. The first-order valence-corrected chi connectivity index (χ1v) is 12.9. The van der Waals surface area contributed by atoms with E-state index in [9.17, 15) is 9.59 Å². The van der Waals surface area contributed by atoms with Crippen LogP contribution in [0, 0.1) is 12.8 Å². The summed E-state index contributed by atoms with van der Waals surface area (Å²) in [5.74, 6) is 0.520. The molecule has 0 aliphatic heterocycles. The number of benzene rings is 2. The van der Waals surface area contributed by atoms with E-state index in [-0.39, 0.29) is 30.4 Å². The Morgan fingerprint density at radius 2 is 1.73 bits per heavy atom. The topological polar surface area (TPSA) is 76.5 Å². The molecule has 1 aromatic heterocycles. The molecule has 7 heteroatoms. The van der Waals surface area contributed by atoms with E-state index in [0.29, 0.717) is 24.9 Å². The van der Waals surface area contributed by atoms with Crippen LogP contribution in [-0.2, 0) is 26.3 Å². The summed E-state index contributed by atoms with van der Waals surface area (Å²) in [4.78, 5) is 27.8. The molecule has 198 valence electrons. The summed E-state index contributed by atoms with van der Waals surface area (Å²) in [5, 5.41) is 7.82. The van der Waals surface area contributed by atoms with Crippen LogP contribution in [0.2, 0.25) is 0 Å². The van der Waals surface area contributed by atoms with Gasteiger partial charge in [0.15, 0.2) is 0 Å². The number of para-hydroxylation sites is 1. The zero-order valence-corrected chi connectivity index (χ0v) is 23.0. The monoisotopic (exact) mass is 504 g/mol. The predicted molar refractivity (Wildman–Crippen MR) is 148 cm³/mol. The van der Waals surface area contributed by atoms with Crippen LogP contribution in [0.4, 0.5) is 5.82 Å². The SMILES string of the molecule is Cc1ccccc1-n1nc(C(C)(C)C)cc1NC(=O)CN(CCC(C)C)C(=O)COCc1ccccc1. The molecule has 0 saturated carbocycles. The van der Waals surface area contributed by atoms with Crippen LogP contribution >= 0.6 is 0 Å². The largest absolute Gasteiger partial charge is 0.367 e. The lowest BCUT2D eigenvalue weighted by atomic mass is 9.92. The Hall–Kier alpha value is -3.45.